The number of aryl methyl sites for hydroxylation is 1. The predicted octanol–water partition coefficient (Wildman–Crippen LogP) is 4.24. The fourth-order valence-corrected chi connectivity index (χ4v) is 1.92. The SMILES string of the molecule is Cc1cc(CCl)c(CCl)cc1Br. The van der Waals surface area contributed by atoms with E-state index >= 15 is 0 Å². The molecule has 0 radical (unpaired) electrons. The van der Waals surface area contributed by atoms with Crippen LogP contribution in [-0.2, 0) is 11.8 Å². The number of halogens is 3. The summed E-state index contributed by atoms with van der Waals surface area (Å²) < 4.78 is 1.09. The summed E-state index contributed by atoms with van der Waals surface area (Å²) in [5, 5.41) is 0. The average molecular weight is 268 g/mol. The van der Waals surface area contributed by atoms with E-state index in [1.807, 2.05) is 13.0 Å². The highest BCUT2D eigenvalue weighted by Gasteiger charge is 2.03. The summed E-state index contributed by atoms with van der Waals surface area (Å²) >= 11 is 15.0. The Morgan fingerprint density at radius 2 is 1.67 bits per heavy atom. The summed E-state index contributed by atoms with van der Waals surface area (Å²) in [7, 11) is 0. The van der Waals surface area contributed by atoms with E-state index in [2.05, 4.69) is 22.0 Å². The van der Waals surface area contributed by atoms with Gasteiger partial charge in [-0.05, 0) is 29.7 Å². The second kappa shape index (κ2) is 4.50. The molecule has 0 spiro atoms. The lowest BCUT2D eigenvalue weighted by molar-refractivity contribution is 1.23. The summed E-state index contributed by atoms with van der Waals surface area (Å²) in [5.74, 6) is 1.04. The van der Waals surface area contributed by atoms with Crippen LogP contribution in [0.25, 0.3) is 0 Å². The normalized spacial score (nSPS) is 10.3. The van der Waals surface area contributed by atoms with Crippen molar-refractivity contribution in [2.75, 3.05) is 0 Å². The topological polar surface area (TPSA) is 0 Å². The Bertz CT molecular complexity index is 255. The Labute approximate surface area is 91.0 Å². The van der Waals surface area contributed by atoms with E-state index in [1.165, 1.54) is 5.56 Å². The van der Waals surface area contributed by atoms with Gasteiger partial charge in [-0.2, -0.15) is 0 Å². The van der Waals surface area contributed by atoms with Crippen molar-refractivity contribution in [1.82, 2.24) is 0 Å². The number of benzene rings is 1. The lowest BCUT2D eigenvalue weighted by Gasteiger charge is -2.06. The molecule has 1 rings (SSSR count). The molecule has 0 aromatic heterocycles. The predicted molar refractivity (Wildman–Crippen MR) is 58.0 cm³/mol. The van der Waals surface area contributed by atoms with E-state index in [4.69, 9.17) is 23.2 Å². The fraction of sp³-hybridized carbons (Fsp3) is 0.333. The van der Waals surface area contributed by atoms with Crippen molar-refractivity contribution < 1.29 is 0 Å². The Morgan fingerprint density at radius 3 is 2.17 bits per heavy atom. The summed E-state index contributed by atoms with van der Waals surface area (Å²) in [6.45, 7) is 2.04. The molecule has 12 heavy (non-hydrogen) atoms. The van der Waals surface area contributed by atoms with Gasteiger partial charge < -0.3 is 0 Å². The van der Waals surface area contributed by atoms with Crippen LogP contribution in [0.5, 0.6) is 0 Å². The number of hydrogen-bond acceptors (Lipinski definition) is 0. The van der Waals surface area contributed by atoms with Gasteiger partial charge in [-0.1, -0.05) is 22.0 Å². The smallest absolute Gasteiger partial charge is 0.0477 e. The first kappa shape index (κ1) is 10.4. The maximum Gasteiger partial charge on any atom is 0.0477 e. The highest BCUT2D eigenvalue weighted by Crippen LogP contribution is 2.23. The highest BCUT2D eigenvalue weighted by atomic mass is 79.9. The van der Waals surface area contributed by atoms with Crippen LogP contribution in [0.3, 0.4) is 0 Å². The first-order chi connectivity index (χ1) is 5.69. The molecule has 0 unspecified atom stereocenters. The van der Waals surface area contributed by atoms with Gasteiger partial charge in [0.15, 0.2) is 0 Å². The zero-order valence-electron chi connectivity index (χ0n) is 6.70. The molecule has 0 saturated heterocycles. The Morgan fingerprint density at radius 1 is 1.17 bits per heavy atom. The minimum atomic E-state index is 0.515. The Kier molecular flexibility index (Phi) is 3.88. The third-order valence-corrected chi connectivity index (χ3v) is 3.20. The van der Waals surface area contributed by atoms with Crippen molar-refractivity contribution in [3.63, 3.8) is 0 Å². The molecular formula is C9H9BrCl2. The van der Waals surface area contributed by atoms with Gasteiger partial charge in [0.2, 0.25) is 0 Å². The lowest BCUT2D eigenvalue weighted by atomic mass is 10.1. The number of hydrogen-bond donors (Lipinski definition) is 0. The van der Waals surface area contributed by atoms with Crippen LogP contribution in [0.1, 0.15) is 16.7 Å². The van der Waals surface area contributed by atoms with Crippen LogP contribution >= 0.6 is 39.1 Å². The average Bonchev–Trinajstić information content (AvgIpc) is 2.09. The minimum Gasteiger partial charge on any atom is -0.122 e. The molecule has 0 nitrogen and oxygen atoms in total. The molecule has 0 bridgehead atoms. The first-order valence-electron chi connectivity index (χ1n) is 3.59. The van der Waals surface area contributed by atoms with Crippen molar-refractivity contribution in [3.05, 3.63) is 33.3 Å². The van der Waals surface area contributed by atoms with Gasteiger partial charge in [-0.15, -0.1) is 23.2 Å². The van der Waals surface area contributed by atoms with Gasteiger partial charge in [0, 0.05) is 16.2 Å². The van der Waals surface area contributed by atoms with Crippen LogP contribution in [0.4, 0.5) is 0 Å². The highest BCUT2D eigenvalue weighted by molar-refractivity contribution is 9.10. The molecule has 0 amide bonds. The first-order valence-corrected chi connectivity index (χ1v) is 5.45. The van der Waals surface area contributed by atoms with Crippen LogP contribution in [-0.4, -0.2) is 0 Å². The second-order valence-electron chi connectivity index (χ2n) is 2.64. The Balaban J connectivity index is 3.19. The largest absolute Gasteiger partial charge is 0.122 e. The zero-order valence-corrected chi connectivity index (χ0v) is 9.80. The van der Waals surface area contributed by atoms with Crippen molar-refractivity contribution in [3.8, 4) is 0 Å². The number of rotatable bonds is 2. The quantitative estimate of drug-likeness (QED) is 0.704. The van der Waals surface area contributed by atoms with Gasteiger partial charge in [0.05, 0.1) is 0 Å². The van der Waals surface area contributed by atoms with Gasteiger partial charge in [0.1, 0.15) is 0 Å². The molecule has 66 valence electrons. The van der Waals surface area contributed by atoms with Crippen molar-refractivity contribution in [2.45, 2.75) is 18.7 Å². The molecule has 0 atom stereocenters. The monoisotopic (exact) mass is 266 g/mol. The van der Waals surface area contributed by atoms with Crippen LogP contribution in [0.2, 0.25) is 0 Å². The third-order valence-electron chi connectivity index (χ3n) is 1.77. The lowest BCUT2D eigenvalue weighted by Crippen LogP contribution is -1.90. The van der Waals surface area contributed by atoms with Crippen LogP contribution in [0, 0.1) is 6.92 Å². The standard InChI is InChI=1S/C9H9BrCl2/c1-6-2-7(4-11)8(5-12)3-9(6)10/h2-3H,4-5H2,1H3. The number of alkyl halides is 2. The second-order valence-corrected chi connectivity index (χ2v) is 4.03. The zero-order chi connectivity index (χ0) is 9.14. The molecule has 0 N–H and O–H groups in total. The molecular weight excluding hydrogens is 259 g/mol. The summed E-state index contributed by atoms with van der Waals surface area (Å²) in [6.07, 6.45) is 0. The molecule has 0 saturated carbocycles. The van der Waals surface area contributed by atoms with Gasteiger partial charge in [0.25, 0.3) is 0 Å². The molecule has 0 aliphatic carbocycles. The van der Waals surface area contributed by atoms with Crippen LogP contribution < -0.4 is 0 Å². The summed E-state index contributed by atoms with van der Waals surface area (Å²) in [6, 6.07) is 4.09. The van der Waals surface area contributed by atoms with Crippen molar-refractivity contribution >= 4 is 39.1 Å². The Hall–Kier alpha value is 0.280. The molecule has 3 heteroatoms. The van der Waals surface area contributed by atoms with E-state index in [0.29, 0.717) is 11.8 Å². The van der Waals surface area contributed by atoms with Crippen molar-refractivity contribution in [1.29, 1.82) is 0 Å². The van der Waals surface area contributed by atoms with Gasteiger partial charge in [-0.25, -0.2) is 0 Å². The minimum absolute atomic E-state index is 0.515. The van der Waals surface area contributed by atoms with Crippen molar-refractivity contribution in [2.24, 2.45) is 0 Å². The van der Waals surface area contributed by atoms with E-state index in [-0.39, 0.29) is 0 Å². The maximum atomic E-state index is 5.76. The third kappa shape index (κ3) is 2.15. The summed E-state index contributed by atoms with van der Waals surface area (Å²) in [5.41, 5.74) is 3.41. The molecule has 1 aromatic rings. The van der Waals surface area contributed by atoms with E-state index in [9.17, 15) is 0 Å². The van der Waals surface area contributed by atoms with Gasteiger partial charge >= 0.3 is 0 Å². The maximum absolute atomic E-state index is 5.76. The summed E-state index contributed by atoms with van der Waals surface area (Å²) in [4.78, 5) is 0. The fourth-order valence-electron chi connectivity index (χ4n) is 1.03. The molecule has 0 fully saturated rings. The van der Waals surface area contributed by atoms with Gasteiger partial charge in [-0.3, -0.25) is 0 Å². The van der Waals surface area contributed by atoms with E-state index in [0.717, 1.165) is 15.6 Å². The van der Waals surface area contributed by atoms with Crippen LogP contribution in [0.15, 0.2) is 16.6 Å². The van der Waals surface area contributed by atoms with E-state index in [1.54, 1.807) is 0 Å². The molecule has 0 heterocycles. The molecule has 1 aromatic carbocycles. The molecule has 0 aliphatic heterocycles. The molecule has 0 aliphatic rings. The van der Waals surface area contributed by atoms with E-state index < -0.39 is 0 Å².